The third-order valence-electron chi connectivity index (χ3n) is 5.23. The van der Waals surface area contributed by atoms with Crippen molar-refractivity contribution in [2.75, 3.05) is 70.9 Å². The summed E-state index contributed by atoms with van der Waals surface area (Å²) in [5.74, 6) is 0.353. The molecule has 6 nitrogen and oxygen atoms in total. The summed E-state index contributed by atoms with van der Waals surface area (Å²) in [5.41, 5.74) is 1.90. The Morgan fingerprint density at radius 2 is 1.48 bits per heavy atom. The van der Waals surface area contributed by atoms with E-state index in [1.54, 1.807) is 6.92 Å². The second kappa shape index (κ2) is 7.97. The van der Waals surface area contributed by atoms with E-state index < -0.39 is 0 Å². The fourth-order valence-corrected chi connectivity index (χ4v) is 3.42. The van der Waals surface area contributed by atoms with E-state index in [0.29, 0.717) is 6.54 Å². The second-order valence-corrected chi connectivity index (χ2v) is 7.05. The summed E-state index contributed by atoms with van der Waals surface area (Å²) in [4.78, 5) is 32.6. The van der Waals surface area contributed by atoms with E-state index in [1.165, 1.54) is 0 Å². The number of anilines is 1. The van der Waals surface area contributed by atoms with Gasteiger partial charge in [-0.25, -0.2) is 0 Å². The molecule has 0 saturated carbocycles. The van der Waals surface area contributed by atoms with Crippen molar-refractivity contribution in [2.24, 2.45) is 0 Å². The fraction of sp³-hybridized carbons (Fsp3) is 0.579. The molecule has 0 atom stereocenters. The summed E-state index contributed by atoms with van der Waals surface area (Å²) in [7, 11) is 2.10. The maximum Gasteiger partial charge on any atom is 0.236 e. The van der Waals surface area contributed by atoms with Crippen LogP contribution < -0.4 is 4.90 Å². The number of Topliss-reactive ketones (excluding diaryl/α,β-unsaturated/α-hetero) is 1. The molecule has 1 aromatic rings. The van der Waals surface area contributed by atoms with E-state index in [1.807, 2.05) is 29.2 Å². The first-order chi connectivity index (χ1) is 12.0. The van der Waals surface area contributed by atoms with Gasteiger partial charge in [0.1, 0.15) is 0 Å². The van der Waals surface area contributed by atoms with E-state index in [9.17, 15) is 9.59 Å². The van der Waals surface area contributed by atoms with Crippen molar-refractivity contribution >= 4 is 17.4 Å². The van der Waals surface area contributed by atoms with Crippen LogP contribution in [0.1, 0.15) is 17.3 Å². The molecule has 0 N–H and O–H groups in total. The van der Waals surface area contributed by atoms with Gasteiger partial charge in [0.25, 0.3) is 0 Å². The molecular weight excluding hydrogens is 316 g/mol. The molecule has 2 fully saturated rings. The van der Waals surface area contributed by atoms with E-state index in [2.05, 4.69) is 21.7 Å². The number of rotatable bonds is 4. The van der Waals surface area contributed by atoms with Crippen LogP contribution in [-0.2, 0) is 4.79 Å². The van der Waals surface area contributed by atoms with Gasteiger partial charge in [-0.2, -0.15) is 0 Å². The van der Waals surface area contributed by atoms with E-state index in [-0.39, 0.29) is 11.7 Å². The van der Waals surface area contributed by atoms with Crippen LogP contribution in [0.2, 0.25) is 0 Å². The molecule has 0 bridgehead atoms. The lowest BCUT2D eigenvalue weighted by atomic mass is 10.1. The number of ketones is 1. The number of hydrogen-bond acceptors (Lipinski definition) is 5. The van der Waals surface area contributed by atoms with Gasteiger partial charge >= 0.3 is 0 Å². The average Bonchev–Trinajstić information content (AvgIpc) is 2.63. The van der Waals surface area contributed by atoms with Crippen LogP contribution in [0.15, 0.2) is 24.3 Å². The highest BCUT2D eigenvalue weighted by Gasteiger charge is 2.23. The zero-order valence-corrected chi connectivity index (χ0v) is 15.3. The molecule has 2 saturated heterocycles. The van der Waals surface area contributed by atoms with Gasteiger partial charge in [-0.1, -0.05) is 0 Å². The predicted octanol–water partition coefficient (Wildman–Crippen LogP) is 0.785. The summed E-state index contributed by atoms with van der Waals surface area (Å²) in [6, 6.07) is 7.81. The van der Waals surface area contributed by atoms with Gasteiger partial charge in [-0.3, -0.25) is 14.5 Å². The predicted molar refractivity (Wildman–Crippen MR) is 99.2 cm³/mol. The van der Waals surface area contributed by atoms with Gasteiger partial charge in [0.2, 0.25) is 5.91 Å². The Labute approximate surface area is 150 Å². The Bertz CT molecular complexity index is 600. The smallest absolute Gasteiger partial charge is 0.236 e. The molecule has 0 aliphatic carbocycles. The Balaban J connectivity index is 1.47. The minimum absolute atomic E-state index is 0.0961. The molecule has 136 valence electrons. The third-order valence-corrected chi connectivity index (χ3v) is 5.23. The van der Waals surface area contributed by atoms with Crippen LogP contribution in [-0.4, -0.2) is 92.3 Å². The van der Waals surface area contributed by atoms with Gasteiger partial charge in [0.15, 0.2) is 5.78 Å². The van der Waals surface area contributed by atoms with Gasteiger partial charge in [0.05, 0.1) is 6.54 Å². The summed E-state index contributed by atoms with van der Waals surface area (Å²) in [5, 5.41) is 0. The van der Waals surface area contributed by atoms with E-state index in [4.69, 9.17) is 0 Å². The van der Waals surface area contributed by atoms with Crippen molar-refractivity contribution < 1.29 is 9.59 Å². The second-order valence-electron chi connectivity index (χ2n) is 7.05. The number of piperazine rings is 2. The van der Waals surface area contributed by atoms with Gasteiger partial charge in [-0.15, -0.1) is 0 Å². The van der Waals surface area contributed by atoms with Crippen LogP contribution in [0.25, 0.3) is 0 Å². The lowest BCUT2D eigenvalue weighted by Crippen LogP contribution is -2.53. The van der Waals surface area contributed by atoms with Crippen LogP contribution in [0.3, 0.4) is 0 Å². The van der Waals surface area contributed by atoms with Gasteiger partial charge < -0.3 is 14.7 Å². The third kappa shape index (κ3) is 4.58. The largest absolute Gasteiger partial charge is 0.369 e. The van der Waals surface area contributed by atoms with Crippen LogP contribution >= 0.6 is 0 Å². The number of likely N-dealkylation sites (N-methyl/N-ethyl adjacent to an activating group) is 1. The molecule has 25 heavy (non-hydrogen) atoms. The first kappa shape index (κ1) is 17.9. The maximum atomic E-state index is 12.4. The minimum Gasteiger partial charge on any atom is -0.369 e. The van der Waals surface area contributed by atoms with Crippen LogP contribution in [0.4, 0.5) is 5.69 Å². The summed E-state index contributed by atoms with van der Waals surface area (Å²) >= 11 is 0. The highest BCUT2D eigenvalue weighted by Crippen LogP contribution is 2.17. The van der Waals surface area contributed by atoms with E-state index >= 15 is 0 Å². The summed E-state index contributed by atoms with van der Waals surface area (Å²) in [6.07, 6.45) is 0. The van der Waals surface area contributed by atoms with Gasteiger partial charge in [0, 0.05) is 63.6 Å². The van der Waals surface area contributed by atoms with Crippen molar-refractivity contribution in [3.05, 3.63) is 29.8 Å². The first-order valence-corrected chi connectivity index (χ1v) is 9.07. The fourth-order valence-electron chi connectivity index (χ4n) is 3.42. The quantitative estimate of drug-likeness (QED) is 0.756. The van der Waals surface area contributed by atoms with Gasteiger partial charge in [-0.05, 0) is 38.2 Å². The number of carbonyl (C=O) groups is 2. The molecule has 2 aliphatic rings. The number of hydrogen-bond donors (Lipinski definition) is 0. The molecule has 0 unspecified atom stereocenters. The highest BCUT2D eigenvalue weighted by molar-refractivity contribution is 5.94. The normalized spacial score (nSPS) is 19.9. The first-order valence-electron chi connectivity index (χ1n) is 9.07. The average molecular weight is 344 g/mol. The zero-order valence-electron chi connectivity index (χ0n) is 15.3. The Kier molecular flexibility index (Phi) is 5.71. The molecule has 3 rings (SSSR count). The minimum atomic E-state index is 0.0961. The van der Waals surface area contributed by atoms with Crippen LogP contribution in [0, 0.1) is 0 Å². The molecule has 6 heteroatoms. The number of nitrogens with zero attached hydrogens (tertiary/aromatic N) is 4. The molecular formula is C19H28N4O2. The van der Waals surface area contributed by atoms with Crippen molar-refractivity contribution in [3.8, 4) is 0 Å². The van der Waals surface area contributed by atoms with Crippen molar-refractivity contribution in [1.29, 1.82) is 0 Å². The van der Waals surface area contributed by atoms with Crippen molar-refractivity contribution in [2.45, 2.75) is 6.92 Å². The molecule has 0 radical (unpaired) electrons. The van der Waals surface area contributed by atoms with Crippen LogP contribution in [0.5, 0.6) is 0 Å². The number of benzene rings is 1. The molecule has 0 spiro atoms. The zero-order chi connectivity index (χ0) is 17.8. The SMILES string of the molecule is CC(=O)c1ccc(N2CCN(CC(=O)N3CCN(C)CC3)CC2)cc1. The number of carbonyl (C=O) groups excluding carboxylic acids is 2. The Hall–Kier alpha value is -1.92. The number of amides is 1. The summed E-state index contributed by atoms with van der Waals surface area (Å²) < 4.78 is 0. The molecule has 1 aromatic carbocycles. The van der Waals surface area contributed by atoms with E-state index in [0.717, 1.165) is 63.6 Å². The standard InChI is InChI=1S/C19H28N4O2/c1-16(24)17-3-5-18(6-4-17)22-13-9-21(10-14-22)15-19(25)23-11-7-20(2)8-12-23/h3-6H,7-15H2,1-2H3. The Morgan fingerprint density at radius 1 is 0.880 bits per heavy atom. The summed E-state index contributed by atoms with van der Waals surface area (Å²) in [6.45, 7) is 9.36. The molecule has 0 aromatic heterocycles. The monoisotopic (exact) mass is 344 g/mol. The lowest BCUT2D eigenvalue weighted by molar-refractivity contribution is -0.134. The maximum absolute atomic E-state index is 12.4. The molecule has 1 amide bonds. The van der Waals surface area contributed by atoms with Crippen molar-refractivity contribution in [3.63, 3.8) is 0 Å². The topological polar surface area (TPSA) is 47.1 Å². The lowest BCUT2D eigenvalue weighted by Gasteiger charge is -2.38. The molecule has 2 heterocycles. The van der Waals surface area contributed by atoms with Crippen molar-refractivity contribution in [1.82, 2.24) is 14.7 Å². The highest BCUT2D eigenvalue weighted by atomic mass is 16.2. The Morgan fingerprint density at radius 3 is 2.04 bits per heavy atom. The molecule has 2 aliphatic heterocycles.